The first-order chi connectivity index (χ1) is 10.7. The standard InChI is InChI=1S/C19H28O3S/c1-6-14(2)17(18(21)22-19(3,4)5)12-15(20)13-23-16-10-8-7-9-11-16/h7-11,14,17H,6,12-13H2,1-5H3/t14-,17-/m0/s1. The summed E-state index contributed by atoms with van der Waals surface area (Å²) in [6, 6.07) is 9.83. The first-order valence-electron chi connectivity index (χ1n) is 8.15. The smallest absolute Gasteiger partial charge is 0.310 e. The van der Waals surface area contributed by atoms with Crippen molar-refractivity contribution < 1.29 is 14.3 Å². The Labute approximate surface area is 144 Å². The van der Waals surface area contributed by atoms with Crippen LogP contribution in [0.4, 0.5) is 0 Å². The molecule has 0 amide bonds. The molecule has 0 spiro atoms. The van der Waals surface area contributed by atoms with E-state index in [2.05, 4.69) is 0 Å². The van der Waals surface area contributed by atoms with E-state index in [1.165, 1.54) is 11.8 Å². The van der Waals surface area contributed by atoms with Gasteiger partial charge in [-0.3, -0.25) is 9.59 Å². The molecule has 0 aliphatic rings. The van der Waals surface area contributed by atoms with E-state index in [1.54, 1.807) is 0 Å². The van der Waals surface area contributed by atoms with Gasteiger partial charge in [0.05, 0.1) is 11.7 Å². The molecule has 0 aromatic heterocycles. The molecule has 1 aromatic rings. The van der Waals surface area contributed by atoms with E-state index in [4.69, 9.17) is 4.74 Å². The summed E-state index contributed by atoms with van der Waals surface area (Å²) in [5, 5.41) is 0. The Morgan fingerprint density at radius 2 is 1.78 bits per heavy atom. The van der Waals surface area contributed by atoms with Crippen LogP contribution in [0.5, 0.6) is 0 Å². The van der Waals surface area contributed by atoms with Crippen LogP contribution >= 0.6 is 11.8 Å². The van der Waals surface area contributed by atoms with Gasteiger partial charge in [-0.15, -0.1) is 11.8 Å². The summed E-state index contributed by atoms with van der Waals surface area (Å²) >= 11 is 1.51. The first-order valence-corrected chi connectivity index (χ1v) is 9.14. The summed E-state index contributed by atoms with van der Waals surface area (Å²) in [5.41, 5.74) is -0.523. The molecule has 0 N–H and O–H groups in total. The SMILES string of the molecule is CC[C@H](C)[C@H](CC(=O)CSc1ccccc1)C(=O)OC(C)(C)C. The summed E-state index contributed by atoms with van der Waals surface area (Å²) in [6.07, 6.45) is 1.10. The van der Waals surface area contributed by atoms with E-state index in [0.29, 0.717) is 5.75 Å². The molecule has 0 saturated heterocycles. The Bertz CT molecular complexity index is 505. The highest BCUT2D eigenvalue weighted by Crippen LogP contribution is 2.25. The highest BCUT2D eigenvalue weighted by Gasteiger charge is 2.30. The van der Waals surface area contributed by atoms with E-state index in [0.717, 1.165) is 11.3 Å². The van der Waals surface area contributed by atoms with Gasteiger partial charge in [-0.2, -0.15) is 0 Å². The molecule has 1 aromatic carbocycles. The fourth-order valence-corrected chi connectivity index (χ4v) is 2.96. The molecular formula is C19H28O3S. The number of benzene rings is 1. The molecule has 0 bridgehead atoms. The number of ether oxygens (including phenoxy) is 1. The molecule has 0 radical (unpaired) electrons. The lowest BCUT2D eigenvalue weighted by Crippen LogP contribution is -2.33. The highest BCUT2D eigenvalue weighted by atomic mass is 32.2. The summed E-state index contributed by atoms with van der Waals surface area (Å²) in [5.74, 6) is -0.00160. The number of Topliss-reactive ketones (excluding diaryl/α,β-unsaturated/α-hetero) is 1. The lowest BCUT2D eigenvalue weighted by Gasteiger charge is -2.26. The summed E-state index contributed by atoms with van der Waals surface area (Å²) < 4.78 is 5.49. The third-order valence-electron chi connectivity index (χ3n) is 3.63. The van der Waals surface area contributed by atoms with E-state index in [9.17, 15) is 9.59 Å². The minimum Gasteiger partial charge on any atom is -0.460 e. The molecule has 0 aliphatic carbocycles. The van der Waals surface area contributed by atoms with Crippen LogP contribution in [-0.2, 0) is 14.3 Å². The third kappa shape index (κ3) is 7.69. The number of hydrogen-bond acceptors (Lipinski definition) is 4. The number of ketones is 1. The van der Waals surface area contributed by atoms with Gasteiger partial charge in [-0.25, -0.2) is 0 Å². The largest absolute Gasteiger partial charge is 0.460 e. The molecule has 0 aliphatic heterocycles. The molecule has 0 unspecified atom stereocenters. The third-order valence-corrected chi connectivity index (χ3v) is 4.70. The van der Waals surface area contributed by atoms with Crippen LogP contribution in [0.25, 0.3) is 0 Å². The maximum atomic E-state index is 12.4. The van der Waals surface area contributed by atoms with Crippen molar-refractivity contribution in [1.29, 1.82) is 0 Å². The van der Waals surface area contributed by atoms with Crippen LogP contribution in [-0.4, -0.2) is 23.1 Å². The number of carbonyl (C=O) groups is 2. The average molecular weight is 336 g/mol. The average Bonchev–Trinajstić information content (AvgIpc) is 2.49. The van der Waals surface area contributed by atoms with Crippen molar-refractivity contribution in [3.05, 3.63) is 30.3 Å². The fourth-order valence-electron chi connectivity index (χ4n) is 2.16. The van der Waals surface area contributed by atoms with Gasteiger partial charge in [0.15, 0.2) is 0 Å². The van der Waals surface area contributed by atoms with Gasteiger partial charge in [-0.05, 0) is 38.8 Å². The minimum absolute atomic E-state index is 0.0926. The van der Waals surface area contributed by atoms with E-state index < -0.39 is 5.60 Å². The van der Waals surface area contributed by atoms with Crippen molar-refractivity contribution in [2.75, 3.05) is 5.75 Å². The van der Waals surface area contributed by atoms with Crippen LogP contribution in [0.2, 0.25) is 0 Å². The summed E-state index contributed by atoms with van der Waals surface area (Å²) in [6.45, 7) is 9.60. The number of hydrogen-bond donors (Lipinski definition) is 0. The maximum Gasteiger partial charge on any atom is 0.310 e. The topological polar surface area (TPSA) is 43.4 Å². The van der Waals surface area contributed by atoms with Gasteiger partial charge >= 0.3 is 5.97 Å². The fraction of sp³-hybridized carbons (Fsp3) is 0.579. The van der Waals surface area contributed by atoms with Crippen LogP contribution in [0.3, 0.4) is 0 Å². The number of carbonyl (C=O) groups excluding carboxylic acids is 2. The van der Waals surface area contributed by atoms with Crippen molar-refractivity contribution in [3.8, 4) is 0 Å². The normalized spacial score (nSPS) is 14.1. The number of thioether (sulfide) groups is 1. The molecule has 3 nitrogen and oxygen atoms in total. The monoisotopic (exact) mass is 336 g/mol. The maximum absolute atomic E-state index is 12.4. The molecule has 2 atom stereocenters. The Morgan fingerprint density at radius 1 is 1.17 bits per heavy atom. The predicted octanol–water partition coefficient (Wildman–Crippen LogP) is 4.74. The van der Waals surface area contributed by atoms with Crippen molar-refractivity contribution >= 4 is 23.5 Å². The molecule has 1 rings (SSSR count). The van der Waals surface area contributed by atoms with Crippen molar-refractivity contribution in [2.45, 2.75) is 58.0 Å². The van der Waals surface area contributed by atoms with Gasteiger partial charge in [0.2, 0.25) is 0 Å². The molecule has 0 heterocycles. The van der Waals surface area contributed by atoms with E-state index in [-0.39, 0.29) is 30.0 Å². The quantitative estimate of drug-likeness (QED) is 0.508. The molecule has 0 saturated carbocycles. The molecular weight excluding hydrogens is 308 g/mol. The molecule has 0 fully saturated rings. The summed E-state index contributed by atoms with van der Waals surface area (Å²) in [7, 11) is 0. The lowest BCUT2D eigenvalue weighted by atomic mass is 9.87. The van der Waals surface area contributed by atoms with Crippen LogP contribution in [0.15, 0.2) is 35.2 Å². The van der Waals surface area contributed by atoms with Gasteiger partial charge < -0.3 is 4.74 Å². The van der Waals surface area contributed by atoms with Gasteiger partial charge in [-0.1, -0.05) is 38.5 Å². The van der Waals surface area contributed by atoms with Gasteiger partial charge in [0, 0.05) is 11.3 Å². The summed E-state index contributed by atoms with van der Waals surface area (Å²) in [4.78, 5) is 25.7. The minimum atomic E-state index is -0.523. The second-order valence-electron chi connectivity index (χ2n) is 6.87. The highest BCUT2D eigenvalue weighted by molar-refractivity contribution is 8.00. The van der Waals surface area contributed by atoms with Crippen LogP contribution < -0.4 is 0 Å². The van der Waals surface area contributed by atoms with Crippen LogP contribution in [0.1, 0.15) is 47.5 Å². The van der Waals surface area contributed by atoms with Crippen LogP contribution in [0, 0.1) is 11.8 Å². The number of rotatable bonds is 8. The Morgan fingerprint density at radius 3 is 2.30 bits per heavy atom. The van der Waals surface area contributed by atoms with Crippen molar-refractivity contribution in [3.63, 3.8) is 0 Å². The first kappa shape index (κ1) is 19.8. The van der Waals surface area contributed by atoms with E-state index >= 15 is 0 Å². The Hall–Kier alpha value is -1.29. The van der Waals surface area contributed by atoms with Gasteiger partial charge in [0.1, 0.15) is 11.4 Å². The second kappa shape index (κ2) is 9.11. The predicted molar refractivity (Wildman–Crippen MR) is 95.6 cm³/mol. The zero-order chi connectivity index (χ0) is 17.5. The zero-order valence-electron chi connectivity index (χ0n) is 14.8. The zero-order valence-corrected chi connectivity index (χ0v) is 15.6. The van der Waals surface area contributed by atoms with E-state index in [1.807, 2.05) is 65.0 Å². The van der Waals surface area contributed by atoms with Crippen molar-refractivity contribution in [2.24, 2.45) is 11.8 Å². The molecule has 128 valence electrons. The van der Waals surface area contributed by atoms with Gasteiger partial charge in [0.25, 0.3) is 0 Å². The van der Waals surface area contributed by atoms with Crippen molar-refractivity contribution in [1.82, 2.24) is 0 Å². The molecule has 23 heavy (non-hydrogen) atoms. The lowest BCUT2D eigenvalue weighted by molar-refractivity contribution is -0.163. The number of esters is 1. The second-order valence-corrected chi connectivity index (χ2v) is 7.92. The Kier molecular flexibility index (Phi) is 7.83. The Balaban J connectivity index is 2.62. The molecule has 4 heteroatoms.